The van der Waals surface area contributed by atoms with Crippen LogP contribution in [0.15, 0.2) is 59.1 Å². The Balaban J connectivity index is 2.06. The highest BCUT2D eigenvalue weighted by Gasteiger charge is 2.18. The molecule has 0 aliphatic carbocycles. The van der Waals surface area contributed by atoms with Crippen molar-refractivity contribution >= 4 is 21.8 Å². The molecule has 0 unspecified atom stereocenters. The number of nitrogens with zero attached hydrogens (tertiary/aromatic N) is 3. The number of nitrogens with one attached hydrogen (secondary N) is 1. The van der Waals surface area contributed by atoms with E-state index in [1.54, 1.807) is 4.68 Å². The Kier molecular flexibility index (Phi) is 5.02. The lowest BCUT2D eigenvalue weighted by Gasteiger charge is -2.05. The van der Waals surface area contributed by atoms with Gasteiger partial charge in [0.1, 0.15) is 0 Å². The lowest BCUT2D eigenvalue weighted by molar-refractivity contribution is 0.0934. The monoisotopic (exact) mass is 386 g/mol. The molecule has 2 aromatic carbocycles. The van der Waals surface area contributed by atoms with E-state index in [0.717, 1.165) is 15.7 Å². The third-order valence-corrected chi connectivity index (χ3v) is 3.84. The van der Waals surface area contributed by atoms with Crippen molar-refractivity contribution in [3.8, 4) is 17.1 Å². The highest BCUT2D eigenvalue weighted by molar-refractivity contribution is 9.10. The van der Waals surface area contributed by atoms with Gasteiger partial charge in [0, 0.05) is 16.6 Å². The molecule has 1 heterocycles. The summed E-state index contributed by atoms with van der Waals surface area (Å²) in [6, 6.07) is 17.1. The molecule has 0 saturated heterocycles. The number of amides is 1. The van der Waals surface area contributed by atoms with Crippen molar-refractivity contribution in [3.63, 3.8) is 0 Å². The molecular formula is C17H15BrN4O2. The van der Waals surface area contributed by atoms with Crippen LogP contribution in [0.2, 0.25) is 0 Å². The van der Waals surface area contributed by atoms with Crippen molar-refractivity contribution < 1.29 is 9.90 Å². The SMILES string of the molecule is O=C(NCCO)c1nc(-c2ccccc2)n(-c2ccc(Br)cc2)n1. The van der Waals surface area contributed by atoms with Crippen molar-refractivity contribution in [2.45, 2.75) is 0 Å². The van der Waals surface area contributed by atoms with Crippen LogP contribution in [-0.2, 0) is 0 Å². The molecule has 7 heteroatoms. The van der Waals surface area contributed by atoms with Crippen LogP contribution in [0.1, 0.15) is 10.6 Å². The molecule has 0 atom stereocenters. The van der Waals surface area contributed by atoms with Gasteiger partial charge in [-0.25, -0.2) is 9.67 Å². The minimum absolute atomic E-state index is 0.0604. The van der Waals surface area contributed by atoms with Crippen molar-refractivity contribution in [3.05, 3.63) is 64.9 Å². The average Bonchev–Trinajstić information content (AvgIpc) is 3.06. The molecule has 0 saturated carbocycles. The van der Waals surface area contributed by atoms with Gasteiger partial charge in [-0.2, -0.15) is 0 Å². The van der Waals surface area contributed by atoms with Crippen LogP contribution >= 0.6 is 15.9 Å². The highest BCUT2D eigenvalue weighted by atomic mass is 79.9. The van der Waals surface area contributed by atoms with Gasteiger partial charge >= 0.3 is 0 Å². The maximum Gasteiger partial charge on any atom is 0.291 e. The number of carbonyl (C=O) groups is 1. The maximum absolute atomic E-state index is 12.1. The number of aromatic nitrogens is 3. The van der Waals surface area contributed by atoms with Gasteiger partial charge in [-0.15, -0.1) is 5.10 Å². The molecule has 0 aliphatic rings. The molecule has 0 fully saturated rings. The van der Waals surface area contributed by atoms with E-state index in [2.05, 4.69) is 31.3 Å². The van der Waals surface area contributed by atoms with Gasteiger partial charge in [0.15, 0.2) is 5.82 Å². The van der Waals surface area contributed by atoms with Gasteiger partial charge in [-0.05, 0) is 24.3 Å². The van der Waals surface area contributed by atoms with E-state index in [1.165, 1.54) is 0 Å². The van der Waals surface area contributed by atoms with E-state index in [-0.39, 0.29) is 19.0 Å². The van der Waals surface area contributed by atoms with Gasteiger partial charge in [-0.1, -0.05) is 46.3 Å². The third kappa shape index (κ3) is 3.52. The first-order chi connectivity index (χ1) is 11.7. The summed E-state index contributed by atoms with van der Waals surface area (Å²) >= 11 is 3.41. The zero-order valence-corrected chi connectivity index (χ0v) is 14.3. The molecule has 3 aromatic rings. The van der Waals surface area contributed by atoms with E-state index in [9.17, 15) is 4.79 Å². The first-order valence-electron chi connectivity index (χ1n) is 7.36. The molecule has 2 N–H and O–H groups in total. The normalized spacial score (nSPS) is 10.6. The molecule has 24 heavy (non-hydrogen) atoms. The molecule has 0 aliphatic heterocycles. The topological polar surface area (TPSA) is 80.0 Å². The van der Waals surface area contributed by atoms with Crippen LogP contribution in [0.4, 0.5) is 0 Å². The van der Waals surface area contributed by atoms with E-state index in [0.29, 0.717) is 5.82 Å². The van der Waals surface area contributed by atoms with Gasteiger partial charge in [-0.3, -0.25) is 4.79 Å². The average molecular weight is 387 g/mol. The van der Waals surface area contributed by atoms with Gasteiger partial charge in [0.25, 0.3) is 5.91 Å². The molecule has 0 bridgehead atoms. The van der Waals surface area contributed by atoms with Gasteiger partial charge in [0.05, 0.1) is 12.3 Å². The molecule has 3 rings (SSSR count). The Hall–Kier alpha value is -2.51. The molecule has 1 amide bonds. The molecule has 1 aromatic heterocycles. The number of carbonyl (C=O) groups excluding carboxylic acids is 1. The van der Waals surface area contributed by atoms with E-state index in [4.69, 9.17) is 5.11 Å². The molecule has 122 valence electrons. The zero-order valence-electron chi connectivity index (χ0n) is 12.7. The number of hydrogen-bond donors (Lipinski definition) is 2. The number of halogens is 1. The third-order valence-electron chi connectivity index (χ3n) is 3.31. The van der Waals surface area contributed by atoms with E-state index in [1.807, 2.05) is 54.6 Å². The Bertz CT molecular complexity index is 832. The van der Waals surface area contributed by atoms with Crippen LogP contribution < -0.4 is 5.32 Å². The van der Waals surface area contributed by atoms with Crippen LogP contribution in [-0.4, -0.2) is 38.9 Å². The summed E-state index contributed by atoms with van der Waals surface area (Å²) in [5.41, 5.74) is 1.65. The summed E-state index contributed by atoms with van der Waals surface area (Å²) in [5.74, 6) is 0.217. The lowest BCUT2D eigenvalue weighted by Crippen LogP contribution is -2.27. The number of rotatable bonds is 5. The Morgan fingerprint density at radius 1 is 1.12 bits per heavy atom. The second-order valence-electron chi connectivity index (χ2n) is 4.99. The fraction of sp³-hybridized carbons (Fsp3) is 0.118. The molecule has 0 radical (unpaired) electrons. The summed E-state index contributed by atoms with van der Waals surface area (Å²) < 4.78 is 2.59. The Morgan fingerprint density at radius 2 is 1.83 bits per heavy atom. The van der Waals surface area contributed by atoms with Crippen molar-refractivity contribution in [2.75, 3.05) is 13.2 Å². The predicted octanol–water partition coefficient (Wildman–Crippen LogP) is 2.42. The molecule has 6 nitrogen and oxygen atoms in total. The fourth-order valence-corrected chi connectivity index (χ4v) is 2.46. The summed E-state index contributed by atoms with van der Waals surface area (Å²) in [6.07, 6.45) is 0. The minimum atomic E-state index is -0.419. The smallest absolute Gasteiger partial charge is 0.291 e. The van der Waals surface area contributed by atoms with E-state index >= 15 is 0 Å². The first-order valence-corrected chi connectivity index (χ1v) is 8.16. The number of hydrogen-bond acceptors (Lipinski definition) is 4. The van der Waals surface area contributed by atoms with Crippen LogP contribution in [0.5, 0.6) is 0 Å². The standard InChI is InChI=1S/C17H15BrN4O2/c18-13-6-8-14(9-7-13)22-16(12-4-2-1-3-5-12)20-15(21-22)17(24)19-10-11-23/h1-9,23H,10-11H2,(H,19,24). The lowest BCUT2D eigenvalue weighted by atomic mass is 10.2. The maximum atomic E-state index is 12.1. The highest BCUT2D eigenvalue weighted by Crippen LogP contribution is 2.22. The second kappa shape index (κ2) is 7.37. The summed E-state index contributed by atoms with van der Waals surface area (Å²) in [5, 5.41) is 15.7. The summed E-state index contributed by atoms with van der Waals surface area (Å²) in [6.45, 7) is 0.0248. The van der Waals surface area contributed by atoms with Gasteiger partial charge in [0.2, 0.25) is 5.82 Å². The number of aliphatic hydroxyl groups is 1. The largest absolute Gasteiger partial charge is 0.395 e. The fourth-order valence-electron chi connectivity index (χ4n) is 2.19. The molecular weight excluding hydrogens is 372 g/mol. The number of aliphatic hydroxyl groups excluding tert-OH is 1. The van der Waals surface area contributed by atoms with Crippen LogP contribution in [0.3, 0.4) is 0 Å². The summed E-state index contributed by atoms with van der Waals surface area (Å²) in [4.78, 5) is 16.5. The predicted molar refractivity (Wildman–Crippen MR) is 93.9 cm³/mol. The minimum Gasteiger partial charge on any atom is -0.395 e. The summed E-state index contributed by atoms with van der Waals surface area (Å²) in [7, 11) is 0. The second-order valence-corrected chi connectivity index (χ2v) is 5.91. The van der Waals surface area contributed by atoms with Crippen molar-refractivity contribution in [1.29, 1.82) is 0 Å². The first kappa shape index (κ1) is 16.4. The quantitative estimate of drug-likeness (QED) is 0.705. The van der Waals surface area contributed by atoms with Crippen molar-refractivity contribution in [2.24, 2.45) is 0 Å². The van der Waals surface area contributed by atoms with E-state index < -0.39 is 5.91 Å². The molecule has 0 spiro atoms. The number of benzene rings is 2. The Labute approximate surface area is 147 Å². The van der Waals surface area contributed by atoms with Gasteiger partial charge < -0.3 is 10.4 Å². The van der Waals surface area contributed by atoms with Crippen molar-refractivity contribution in [1.82, 2.24) is 20.1 Å². The van der Waals surface area contributed by atoms with Crippen LogP contribution in [0, 0.1) is 0 Å². The Morgan fingerprint density at radius 3 is 2.50 bits per heavy atom. The zero-order chi connectivity index (χ0) is 16.9. The van der Waals surface area contributed by atoms with Crippen LogP contribution in [0.25, 0.3) is 17.1 Å².